The van der Waals surface area contributed by atoms with Gasteiger partial charge in [0.25, 0.3) is 0 Å². The van der Waals surface area contributed by atoms with E-state index in [0.29, 0.717) is 11.6 Å². The summed E-state index contributed by atoms with van der Waals surface area (Å²) in [7, 11) is 0. The van der Waals surface area contributed by atoms with Crippen molar-refractivity contribution in [3.63, 3.8) is 0 Å². The molecule has 0 aromatic carbocycles. The van der Waals surface area contributed by atoms with Crippen LogP contribution in [0.15, 0.2) is 30.7 Å². The van der Waals surface area contributed by atoms with Gasteiger partial charge in [-0.2, -0.15) is 5.10 Å². The Bertz CT molecular complexity index is 493. The van der Waals surface area contributed by atoms with Crippen LogP contribution < -0.4 is 10.5 Å². The summed E-state index contributed by atoms with van der Waals surface area (Å²) in [5.41, 5.74) is 6.74. The Hall–Kier alpha value is -1.88. The molecule has 2 N–H and O–H groups in total. The van der Waals surface area contributed by atoms with E-state index in [1.54, 1.807) is 17.1 Å². The fourth-order valence-corrected chi connectivity index (χ4v) is 1.52. The first kappa shape index (κ1) is 11.6. The van der Waals surface area contributed by atoms with Gasteiger partial charge in [0.2, 0.25) is 5.88 Å². The van der Waals surface area contributed by atoms with E-state index in [1.165, 1.54) is 0 Å². The van der Waals surface area contributed by atoms with Gasteiger partial charge in [0.05, 0.1) is 12.4 Å². The van der Waals surface area contributed by atoms with Gasteiger partial charge in [-0.25, -0.2) is 4.98 Å². The van der Waals surface area contributed by atoms with E-state index < -0.39 is 0 Å². The number of hydrogen-bond donors (Lipinski definition) is 1. The van der Waals surface area contributed by atoms with E-state index in [2.05, 4.69) is 10.1 Å². The van der Waals surface area contributed by atoms with E-state index in [1.807, 2.05) is 32.2 Å². The van der Waals surface area contributed by atoms with Crippen LogP contribution in [0.2, 0.25) is 0 Å². The van der Waals surface area contributed by atoms with Crippen molar-refractivity contribution in [1.82, 2.24) is 14.8 Å². The fourth-order valence-electron chi connectivity index (χ4n) is 1.52. The first-order valence-corrected chi connectivity index (χ1v) is 5.61. The molecule has 2 rings (SSSR count). The zero-order chi connectivity index (χ0) is 12.3. The number of aromatic nitrogens is 3. The molecule has 0 spiro atoms. The third-order valence-electron chi connectivity index (χ3n) is 2.44. The normalized spacial score (nSPS) is 12.4. The van der Waals surface area contributed by atoms with E-state index in [-0.39, 0.29) is 6.04 Å². The van der Waals surface area contributed by atoms with Gasteiger partial charge in [-0.1, -0.05) is 6.07 Å². The number of aryl methyl sites for hydroxylation is 1. The predicted molar refractivity (Wildman–Crippen MR) is 64.8 cm³/mol. The van der Waals surface area contributed by atoms with Crippen molar-refractivity contribution in [3.8, 4) is 11.6 Å². The van der Waals surface area contributed by atoms with Gasteiger partial charge in [-0.15, -0.1) is 0 Å². The topological polar surface area (TPSA) is 66.0 Å². The minimum Gasteiger partial charge on any atom is -0.435 e. The van der Waals surface area contributed by atoms with Gasteiger partial charge in [0.15, 0.2) is 5.75 Å². The monoisotopic (exact) mass is 232 g/mol. The maximum absolute atomic E-state index is 5.86. The Morgan fingerprint density at radius 2 is 2.35 bits per heavy atom. The van der Waals surface area contributed by atoms with Crippen LogP contribution in [0.1, 0.15) is 25.5 Å². The van der Waals surface area contributed by atoms with Gasteiger partial charge in [0, 0.05) is 24.3 Å². The molecule has 0 aliphatic rings. The Kier molecular flexibility index (Phi) is 3.39. The molecule has 0 radical (unpaired) electrons. The number of rotatable bonds is 4. The molecule has 2 aromatic heterocycles. The second-order valence-electron chi connectivity index (χ2n) is 3.82. The summed E-state index contributed by atoms with van der Waals surface area (Å²) in [6.45, 7) is 4.73. The molecule has 0 saturated heterocycles. The summed E-state index contributed by atoms with van der Waals surface area (Å²) in [5.74, 6) is 1.21. The minimum atomic E-state index is -0.111. The SMILES string of the molecule is CCn1cc(Oc2ncccc2C(C)N)cn1. The first-order valence-electron chi connectivity index (χ1n) is 5.61. The molecule has 2 heterocycles. The van der Waals surface area contributed by atoms with Gasteiger partial charge in [0.1, 0.15) is 0 Å². The van der Waals surface area contributed by atoms with Gasteiger partial charge in [-0.05, 0) is 19.9 Å². The van der Waals surface area contributed by atoms with E-state index >= 15 is 0 Å². The molecule has 90 valence electrons. The van der Waals surface area contributed by atoms with Crippen molar-refractivity contribution in [2.45, 2.75) is 26.4 Å². The van der Waals surface area contributed by atoms with E-state index in [0.717, 1.165) is 12.1 Å². The maximum atomic E-state index is 5.86. The summed E-state index contributed by atoms with van der Waals surface area (Å²) < 4.78 is 7.47. The van der Waals surface area contributed by atoms with Crippen molar-refractivity contribution < 1.29 is 4.74 Å². The van der Waals surface area contributed by atoms with Crippen LogP contribution in [0.25, 0.3) is 0 Å². The van der Waals surface area contributed by atoms with Crippen LogP contribution in [0.5, 0.6) is 11.6 Å². The highest BCUT2D eigenvalue weighted by molar-refractivity contribution is 5.32. The fraction of sp³-hybridized carbons (Fsp3) is 0.333. The Morgan fingerprint density at radius 1 is 1.53 bits per heavy atom. The van der Waals surface area contributed by atoms with Gasteiger partial charge < -0.3 is 10.5 Å². The molecule has 1 unspecified atom stereocenters. The number of ether oxygens (including phenoxy) is 1. The molecule has 0 aliphatic carbocycles. The largest absolute Gasteiger partial charge is 0.435 e. The lowest BCUT2D eigenvalue weighted by molar-refractivity contribution is 0.451. The van der Waals surface area contributed by atoms with Crippen LogP contribution in [0.3, 0.4) is 0 Å². The van der Waals surface area contributed by atoms with Crippen LogP contribution in [-0.2, 0) is 6.54 Å². The zero-order valence-electron chi connectivity index (χ0n) is 10.00. The molecular formula is C12H16N4O. The number of hydrogen-bond acceptors (Lipinski definition) is 4. The standard InChI is InChI=1S/C12H16N4O/c1-3-16-8-10(7-15-16)17-12-11(9(2)13)5-4-6-14-12/h4-9H,3,13H2,1-2H3. The third kappa shape index (κ3) is 2.62. The van der Waals surface area contributed by atoms with E-state index in [9.17, 15) is 0 Å². The van der Waals surface area contributed by atoms with Crippen molar-refractivity contribution in [3.05, 3.63) is 36.3 Å². The highest BCUT2D eigenvalue weighted by Gasteiger charge is 2.10. The third-order valence-corrected chi connectivity index (χ3v) is 2.44. The van der Waals surface area contributed by atoms with Crippen LogP contribution in [0.4, 0.5) is 0 Å². The van der Waals surface area contributed by atoms with Crippen molar-refractivity contribution >= 4 is 0 Å². The van der Waals surface area contributed by atoms with Crippen LogP contribution >= 0.6 is 0 Å². The lowest BCUT2D eigenvalue weighted by Crippen LogP contribution is -2.07. The lowest BCUT2D eigenvalue weighted by Gasteiger charge is -2.10. The average Bonchev–Trinajstić information content (AvgIpc) is 2.77. The molecule has 0 saturated carbocycles. The summed E-state index contributed by atoms with van der Waals surface area (Å²) in [6, 6.07) is 3.65. The quantitative estimate of drug-likeness (QED) is 0.876. The summed E-state index contributed by atoms with van der Waals surface area (Å²) in [4.78, 5) is 4.19. The van der Waals surface area contributed by atoms with Crippen molar-refractivity contribution in [2.24, 2.45) is 5.73 Å². The second-order valence-corrected chi connectivity index (χ2v) is 3.82. The minimum absolute atomic E-state index is 0.111. The molecule has 2 aromatic rings. The molecule has 5 heteroatoms. The number of nitrogens with two attached hydrogens (primary N) is 1. The molecule has 0 fully saturated rings. The molecule has 0 aliphatic heterocycles. The maximum Gasteiger partial charge on any atom is 0.224 e. The first-order chi connectivity index (χ1) is 8.20. The van der Waals surface area contributed by atoms with Crippen LogP contribution in [-0.4, -0.2) is 14.8 Å². The molecule has 0 bridgehead atoms. The molecule has 1 atom stereocenters. The average molecular weight is 232 g/mol. The zero-order valence-corrected chi connectivity index (χ0v) is 10.00. The van der Waals surface area contributed by atoms with Crippen LogP contribution in [0, 0.1) is 0 Å². The van der Waals surface area contributed by atoms with E-state index in [4.69, 9.17) is 10.5 Å². The lowest BCUT2D eigenvalue weighted by atomic mass is 10.1. The van der Waals surface area contributed by atoms with Crippen molar-refractivity contribution in [1.29, 1.82) is 0 Å². The highest BCUT2D eigenvalue weighted by atomic mass is 16.5. The summed E-state index contributed by atoms with van der Waals surface area (Å²) in [5, 5.41) is 4.14. The smallest absolute Gasteiger partial charge is 0.224 e. The van der Waals surface area contributed by atoms with Gasteiger partial charge in [-0.3, -0.25) is 4.68 Å². The van der Waals surface area contributed by atoms with Gasteiger partial charge >= 0.3 is 0 Å². The molecule has 5 nitrogen and oxygen atoms in total. The highest BCUT2D eigenvalue weighted by Crippen LogP contribution is 2.25. The number of pyridine rings is 1. The molecule has 17 heavy (non-hydrogen) atoms. The second kappa shape index (κ2) is 4.97. The summed E-state index contributed by atoms with van der Waals surface area (Å²) >= 11 is 0. The Balaban J connectivity index is 2.23. The predicted octanol–water partition coefficient (Wildman–Crippen LogP) is 2.11. The molecule has 0 amide bonds. The molecular weight excluding hydrogens is 216 g/mol. The Labute approximate surface area is 100 Å². The van der Waals surface area contributed by atoms with Crippen molar-refractivity contribution in [2.75, 3.05) is 0 Å². The Morgan fingerprint density at radius 3 is 3.00 bits per heavy atom. The number of nitrogens with zero attached hydrogens (tertiary/aromatic N) is 3. The summed E-state index contributed by atoms with van der Waals surface area (Å²) in [6.07, 6.45) is 5.19.